The van der Waals surface area contributed by atoms with Crippen LogP contribution in [0.1, 0.15) is 60.8 Å². The van der Waals surface area contributed by atoms with Crippen molar-refractivity contribution in [1.82, 2.24) is 0 Å². The zero-order valence-electron chi connectivity index (χ0n) is 15.3. The summed E-state index contributed by atoms with van der Waals surface area (Å²) in [5, 5.41) is 0. The van der Waals surface area contributed by atoms with Crippen molar-refractivity contribution in [2.24, 2.45) is 45.8 Å². The lowest BCUT2D eigenvalue weighted by atomic mass is 9.53. The van der Waals surface area contributed by atoms with Gasteiger partial charge in [-0.2, -0.15) is 0 Å². The van der Waals surface area contributed by atoms with E-state index in [2.05, 4.69) is 41.5 Å². The summed E-state index contributed by atoms with van der Waals surface area (Å²) in [6.45, 7) is 13.3. The van der Waals surface area contributed by atoms with Crippen molar-refractivity contribution in [1.29, 1.82) is 0 Å². The number of hydrogen-bond acceptors (Lipinski definition) is 3. The fourth-order valence-corrected chi connectivity index (χ4v) is 6.32. The molecule has 0 bridgehead atoms. The SMILES string of the molecule is CCC(C)CC(C)(C(=O)C12C3CC4C(=O)OC(C41)C32)C(C)(C)C. The van der Waals surface area contributed by atoms with Gasteiger partial charge in [-0.05, 0) is 30.1 Å². The highest BCUT2D eigenvalue weighted by Gasteiger charge is 2.93. The molecule has 4 aliphatic rings. The lowest BCUT2D eigenvalue weighted by Gasteiger charge is -2.48. The van der Waals surface area contributed by atoms with Gasteiger partial charge in [0, 0.05) is 22.7 Å². The Labute approximate surface area is 139 Å². The molecule has 0 aromatic heterocycles. The molecule has 1 saturated heterocycles. The van der Waals surface area contributed by atoms with Crippen molar-refractivity contribution in [3.05, 3.63) is 0 Å². The maximum atomic E-state index is 13.8. The first-order valence-corrected chi connectivity index (χ1v) is 9.36. The Morgan fingerprint density at radius 2 is 1.96 bits per heavy atom. The van der Waals surface area contributed by atoms with Crippen LogP contribution < -0.4 is 0 Å². The van der Waals surface area contributed by atoms with Gasteiger partial charge in [0.1, 0.15) is 11.9 Å². The van der Waals surface area contributed by atoms with E-state index in [1.165, 1.54) is 0 Å². The lowest BCUT2D eigenvalue weighted by Crippen LogP contribution is -2.54. The van der Waals surface area contributed by atoms with Gasteiger partial charge in [-0.25, -0.2) is 0 Å². The van der Waals surface area contributed by atoms with Crippen LogP contribution in [0.2, 0.25) is 0 Å². The van der Waals surface area contributed by atoms with Gasteiger partial charge in [0.15, 0.2) is 0 Å². The number of esters is 1. The van der Waals surface area contributed by atoms with E-state index < -0.39 is 0 Å². The molecule has 0 amide bonds. The molecule has 4 fully saturated rings. The van der Waals surface area contributed by atoms with Crippen LogP contribution in [0.4, 0.5) is 0 Å². The molecule has 8 unspecified atom stereocenters. The smallest absolute Gasteiger partial charge is 0.309 e. The van der Waals surface area contributed by atoms with E-state index in [4.69, 9.17) is 4.74 Å². The van der Waals surface area contributed by atoms with Crippen LogP contribution in [0.5, 0.6) is 0 Å². The minimum Gasteiger partial charge on any atom is -0.461 e. The van der Waals surface area contributed by atoms with Crippen molar-refractivity contribution in [2.45, 2.75) is 66.9 Å². The lowest BCUT2D eigenvalue weighted by molar-refractivity contribution is -0.156. The molecule has 4 rings (SSSR count). The Kier molecular flexibility index (Phi) is 2.86. The molecule has 3 aliphatic carbocycles. The second kappa shape index (κ2) is 4.21. The van der Waals surface area contributed by atoms with Crippen LogP contribution in [-0.2, 0) is 14.3 Å². The average molecular weight is 318 g/mol. The monoisotopic (exact) mass is 318 g/mol. The number of Topliss-reactive ketones (excluding diaryl/α,β-unsaturated/α-hetero) is 1. The summed E-state index contributed by atoms with van der Waals surface area (Å²) in [7, 11) is 0. The maximum absolute atomic E-state index is 13.8. The molecule has 0 aromatic rings. The van der Waals surface area contributed by atoms with E-state index in [1.807, 2.05) is 0 Å². The second-order valence-corrected chi connectivity index (χ2v) is 9.96. The van der Waals surface area contributed by atoms with E-state index in [-0.39, 0.29) is 40.2 Å². The van der Waals surface area contributed by atoms with Gasteiger partial charge < -0.3 is 4.74 Å². The second-order valence-electron chi connectivity index (χ2n) is 9.96. The van der Waals surface area contributed by atoms with Crippen LogP contribution in [-0.4, -0.2) is 17.9 Å². The van der Waals surface area contributed by atoms with Gasteiger partial charge in [-0.3, -0.25) is 9.59 Å². The molecule has 3 nitrogen and oxygen atoms in total. The third-order valence-electron chi connectivity index (χ3n) is 8.25. The third-order valence-corrected chi connectivity index (χ3v) is 8.25. The van der Waals surface area contributed by atoms with Crippen molar-refractivity contribution in [3.8, 4) is 0 Å². The zero-order valence-corrected chi connectivity index (χ0v) is 15.3. The molecular weight excluding hydrogens is 288 g/mol. The number of rotatable bonds is 5. The predicted molar refractivity (Wildman–Crippen MR) is 87.5 cm³/mol. The highest BCUT2D eigenvalue weighted by atomic mass is 16.6. The number of carbonyl (C=O) groups excluding carboxylic acids is 2. The fraction of sp³-hybridized carbons (Fsp3) is 0.900. The molecule has 3 heteroatoms. The Hall–Kier alpha value is -0.860. The number of ketones is 1. The average Bonchev–Trinajstić information content (AvgIpc) is 2.82. The summed E-state index contributed by atoms with van der Waals surface area (Å²) < 4.78 is 5.55. The number of ether oxygens (including phenoxy) is 1. The highest BCUT2D eigenvalue weighted by Crippen LogP contribution is 2.87. The fourth-order valence-electron chi connectivity index (χ4n) is 6.32. The van der Waals surface area contributed by atoms with Crippen molar-refractivity contribution >= 4 is 11.8 Å². The molecule has 1 heterocycles. The summed E-state index contributed by atoms with van der Waals surface area (Å²) in [5.41, 5.74) is -0.577. The standard InChI is InChI=1S/C20H30O3/c1-7-10(2)9-19(6,18(3,4)5)17(22)20-12-8-11-13(20)15(14(12)20)23-16(11)21/h10-15H,7-9H2,1-6H3. The summed E-state index contributed by atoms with van der Waals surface area (Å²) in [4.78, 5) is 25.8. The number of fused-ring (bicyclic) bond motifs is 2. The molecule has 0 aromatic carbocycles. The molecule has 1 aliphatic heterocycles. The van der Waals surface area contributed by atoms with E-state index >= 15 is 0 Å². The van der Waals surface area contributed by atoms with Gasteiger partial charge in [0.2, 0.25) is 0 Å². The van der Waals surface area contributed by atoms with Crippen molar-refractivity contribution < 1.29 is 14.3 Å². The molecule has 128 valence electrons. The molecule has 0 radical (unpaired) electrons. The molecule has 23 heavy (non-hydrogen) atoms. The van der Waals surface area contributed by atoms with Crippen molar-refractivity contribution in [2.75, 3.05) is 0 Å². The first-order chi connectivity index (χ1) is 10.6. The molecular formula is C20H30O3. The largest absolute Gasteiger partial charge is 0.461 e. The van der Waals surface area contributed by atoms with Gasteiger partial charge in [0.25, 0.3) is 0 Å². The van der Waals surface area contributed by atoms with E-state index in [1.54, 1.807) is 0 Å². The Bertz CT molecular complexity index is 582. The van der Waals surface area contributed by atoms with Gasteiger partial charge in [-0.1, -0.05) is 48.0 Å². The van der Waals surface area contributed by atoms with E-state index in [0.29, 0.717) is 23.5 Å². The molecule has 0 N–H and O–H groups in total. The minimum absolute atomic E-state index is 0.0202. The third kappa shape index (κ3) is 1.53. The molecule has 8 atom stereocenters. The minimum atomic E-state index is -0.319. The van der Waals surface area contributed by atoms with Gasteiger partial charge in [-0.15, -0.1) is 0 Å². The van der Waals surface area contributed by atoms with E-state index in [9.17, 15) is 9.59 Å². The Morgan fingerprint density at radius 1 is 1.30 bits per heavy atom. The van der Waals surface area contributed by atoms with Gasteiger partial charge >= 0.3 is 5.97 Å². The summed E-state index contributed by atoms with van der Waals surface area (Å²) in [6.07, 6.45) is 3.03. The number of carbonyl (C=O) groups is 2. The predicted octanol–water partition coefficient (Wildman–Crippen LogP) is 3.85. The highest BCUT2D eigenvalue weighted by molar-refractivity contribution is 5.99. The van der Waals surface area contributed by atoms with Crippen molar-refractivity contribution in [3.63, 3.8) is 0 Å². The first-order valence-electron chi connectivity index (χ1n) is 9.36. The summed E-state index contributed by atoms with van der Waals surface area (Å²) >= 11 is 0. The topological polar surface area (TPSA) is 43.4 Å². The quantitative estimate of drug-likeness (QED) is 0.723. The first kappa shape index (κ1) is 15.7. The van der Waals surface area contributed by atoms with Crippen LogP contribution >= 0.6 is 0 Å². The van der Waals surface area contributed by atoms with Gasteiger partial charge in [0.05, 0.1) is 5.92 Å². The van der Waals surface area contributed by atoms with E-state index in [0.717, 1.165) is 19.3 Å². The summed E-state index contributed by atoms with van der Waals surface area (Å²) in [5.74, 6) is 1.97. The Balaban J connectivity index is 1.68. The zero-order chi connectivity index (χ0) is 16.9. The van der Waals surface area contributed by atoms with Crippen LogP contribution in [0.25, 0.3) is 0 Å². The van der Waals surface area contributed by atoms with Crippen LogP contribution in [0.15, 0.2) is 0 Å². The van der Waals surface area contributed by atoms with Crippen LogP contribution in [0.3, 0.4) is 0 Å². The molecule has 0 spiro atoms. The number of hydrogen-bond donors (Lipinski definition) is 0. The summed E-state index contributed by atoms with van der Waals surface area (Å²) in [6, 6.07) is 0. The maximum Gasteiger partial charge on any atom is 0.309 e. The normalized spacial score (nSPS) is 46.5. The molecule has 3 saturated carbocycles. The Morgan fingerprint density at radius 3 is 2.48 bits per heavy atom. The van der Waals surface area contributed by atoms with Crippen LogP contribution in [0, 0.1) is 45.8 Å².